The van der Waals surface area contributed by atoms with Crippen LogP contribution in [0.4, 0.5) is 0 Å². The molecule has 3 aromatic rings. The Labute approximate surface area is 140 Å². The molecule has 0 amide bonds. The summed E-state index contributed by atoms with van der Waals surface area (Å²) in [6.07, 6.45) is 2.75. The second-order valence-electron chi connectivity index (χ2n) is 4.95. The molecule has 8 heteroatoms. The molecule has 114 valence electrons. The van der Waals surface area contributed by atoms with Crippen molar-refractivity contribution in [2.45, 2.75) is 11.8 Å². The van der Waals surface area contributed by atoms with Crippen molar-refractivity contribution >= 4 is 43.6 Å². The van der Waals surface area contributed by atoms with Crippen molar-refractivity contribution in [1.29, 1.82) is 0 Å². The zero-order valence-electron chi connectivity index (χ0n) is 11.8. The van der Waals surface area contributed by atoms with E-state index in [0.717, 1.165) is 9.54 Å². The fourth-order valence-electron chi connectivity index (χ4n) is 2.14. The zero-order chi connectivity index (χ0) is 16.1. The molecule has 22 heavy (non-hydrogen) atoms. The highest BCUT2D eigenvalue weighted by Gasteiger charge is 2.23. The highest BCUT2D eigenvalue weighted by Crippen LogP contribution is 2.23. The second-order valence-corrected chi connectivity index (χ2v) is 7.93. The molecule has 0 N–H and O–H groups in total. The van der Waals surface area contributed by atoms with Crippen LogP contribution in [0, 0.1) is 10.5 Å². The van der Waals surface area contributed by atoms with Crippen molar-refractivity contribution < 1.29 is 8.42 Å². The predicted molar refractivity (Wildman–Crippen MR) is 91.5 cm³/mol. The Morgan fingerprint density at radius 2 is 1.82 bits per heavy atom. The SMILES string of the molecule is Cc1ccc(S(=O)(=O)n2cc(I)c3c(=O)n(C)cnc32)cc1. The van der Waals surface area contributed by atoms with Crippen LogP contribution in [0.15, 0.2) is 46.5 Å². The molecule has 3 rings (SSSR count). The molecule has 0 unspecified atom stereocenters. The molecule has 2 aromatic heterocycles. The van der Waals surface area contributed by atoms with E-state index in [1.807, 2.05) is 29.5 Å². The summed E-state index contributed by atoms with van der Waals surface area (Å²) in [5.74, 6) is 0. The normalized spacial score (nSPS) is 12.0. The Balaban J connectivity index is 2.33. The van der Waals surface area contributed by atoms with Gasteiger partial charge in [-0.05, 0) is 41.6 Å². The van der Waals surface area contributed by atoms with Gasteiger partial charge < -0.3 is 4.57 Å². The molecular weight excluding hydrogens is 417 g/mol. The Morgan fingerprint density at radius 1 is 1.18 bits per heavy atom. The van der Waals surface area contributed by atoms with Gasteiger partial charge in [-0.15, -0.1) is 0 Å². The fraction of sp³-hybridized carbons (Fsp3) is 0.143. The summed E-state index contributed by atoms with van der Waals surface area (Å²) in [5.41, 5.74) is 0.846. The Kier molecular flexibility index (Phi) is 3.60. The molecule has 0 spiro atoms. The summed E-state index contributed by atoms with van der Waals surface area (Å²) in [7, 11) is -2.21. The minimum atomic E-state index is -3.79. The number of benzene rings is 1. The number of halogens is 1. The van der Waals surface area contributed by atoms with Gasteiger partial charge in [0.1, 0.15) is 0 Å². The van der Waals surface area contributed by atoms with Crippen molar-refractivity contribution in [2.75, 3.05) is 0 Å². The summed E-state index contributed by atoms with van der Waals surface area (Å²) in [6.45, 7) is 1.88. The topological polar surface area (TPSA) is 74.0 Å². The minimum absolute atomic E-state index is 0.146. The lowest BCUT2D eigenvalue weighted by Crippen LogP contribution is -2.19. The van der Waals surface area contributed by atoms with Gasteiger partial charge in [-0.25, -0.2) is 17.4 Å². The first kappa shape index (κ1) is 15.2. The first-order chi connectivity index (χ1) is 10.3. The lowest BCUT2D eigenvalue weighted by atomic mass is 10.2. The molecule has 0 bridgehead atoms. The molecule has 0 saturated heterocycles. The van der Waals surface area contributed by atoms with E-state index in [1.54, 1.807) is 31.3 Å². The van der Waals surface area contributed by atoms with Crippen LogP contribution < -0.4 is 5.56 Å². The zero-order valence-corrected chi connectivity index (χ0v) is 14.8. The third-order valence-corrected chi connectivity index (χ3v) is 5.85. The van der Waals surface area contributed by atoms with Crippen LogP contribution in [-0.2, 0) is 17.1 Å². The van der Waals surface area contributed by atoms with Crippen molar-refractivity contribution in [3.05, 3.63) is 56.3 Å². The number of fused-ring (bicyclic) bond motifs is 1. The molecule has 0 atom stereocenters. The number of nitrogens with zero attached hydrogens (tertiary/aromatic N) is 3. The molecule has 0 radical (unpaired) electrons. The molecule has 0 aliphatic heterocycles. The Morgan fingerprint density at radius 3 is 2.45 bits per heavy atom. The van der Waals surface area contributed by atoms with Crippen molar-refractivity contribution in [3.63, 3.8) is 0 Å². The summed E-state index contributed by atoms with van der Waals surface area (Å²) in [6, 6.07) is 6.56. The monoisotopic (exact) mass is 429 g/mol. The van der Waals surface area contributed by atoms with Crippen LogP contribution >= 0.6 is 22.6 Å². The highest BCUT2D eigenvalue weighted by molar-refractivity contribution is 14.1. The van der Waals surface area contributed by atoms with E-state index in [0.29, 0.717) is 8.96 Å². The maximum Gasteiger partial charge on any atom is 0.269 e. The number of aromatic nitrogens is 3. The largest absolute Gasteiger partial charge is 0.302 e. The molecule has 1 aromatic carbocycles. The molecule has 2 heterocycles. The van der Waals surface area contributed by atoms with Crippen molar-refractivity contribution in [1.82, 2.24) is 13.5 Å². The highest BCUT2D eigenvalue weighted by atomic mass is 127. The summed E-state index contributed by atoms with van der Waals surface area (Å²) >= 11 is 1.95. The van der Waals surface area contributed by atoms with Crippen molar-refractivity contribution in [3.8, 4) is 0 Å². The molecule has 0 saturated carbocycles. The van der Waals surface area contributed by atoms with E-state index in [1.165, 1.54) is 17.1 Å². The van der Waals surface area contributed by atoms with Gasteiger partial charge in [-0.3, -0.25) is 4.79 Å². The predicted octanol–water partition coefficient (Wildman–Crippen LogP) is 1.89. The van der Waals surface area contributed by atoms with E-state index in [4.69, 9.17) is 0 Å². The fourth-order valence-corrected chi connectivity index (χ4v) is 4.40. The number of aryl methyl sites for hydroxylation is 2. The molecule has 6 nitrogen and oxygen atoms in total. The Bertz CT molecular complexity index is 1030. The maximum atomic E-state index is 12.8. The second kappa shape index (κ2) is 5.20. The van der Waals surface area contributed by atoms with E-state index in [2.05, 4.69) is 4.98 Å². The van der Waals surface area contributed by atoms with E-state index < -0.39 is 10.0 Å². The standard InChI is InChI=1S/C14H12IN3O3S/c1-9-3-5-10(6-4-9)22(20,21)18-7-11(15)12-13(18)16-8-17(2)14(12)19/h3-8H,1-2H3. The third-order valence-electron chi connectivity index (χ3n) is 3.37. The molecule has 0 aliphatic rings. The summed E-state index contributed by atoms with van der Waals surface area (Å²) in [5, 5.41) is 0.307. The van der Waals surface area contributed by atoms with Gasteiger partial charge in [0.25, 0.3) is 15.6 Å². The smallest absolute Gasteiger partial charge is 0.269 e. The van der Waals surface area contributed by atoms with E-state index in [9.17, 15) is 13.2 Å². The van der Waals surface area contributed by atoms with Gasteiger partial charge in [0.05, 0.1) is 16.6 Å². The van der Waals surface area contributed by atoms with Gasteiger partial charge in [-0.2, -0.15) is 0 Å². The number of rotatable bonds is 2. The first-order valence-corrected chi connectivity index (χ1v) is 8.88. The molecule has 0 fully saturated rings. The van der Waals surface area contributed by atoms with Gasteiger partial charge in [0.2, 0.25) is 0 Å². The van der Waals surface area contributed by atoms with E-state index in [-0.39, 0.29) is 16.1 Å². The van der Waals surface area contributed by atoms with Crippen LogP contribution in [-0.4, -0.2) is 21.9 Å². The summed E-state index contributed by atoms with van der Waals surface area (Å²) in [4.78, 5) is 16.5. The quantitative estimate of drug-likeness (QED) is 0.584. The average molecular weight is 429 g/mol. The number of hydrogen-bond acceptors (Lipinski definition) is 4. The lowest BCUT2D eigenvalue weighted by molar-refractivity contribution is 0.588. The third kappa shape index (κ3) is 2.26. The van der Waals surface area contributed by atoms with Gasteiger partial charge in [0.15, 0.2) is 5.65 Å². The summed E-state index contributed by atoms with van der Waals surface area (Å²) < 4.78 is 28.5. The van der Waals surface area contributed by atoms with Gasteiger partial charge in [-0.1, -0.05) is 17.7 Å². The first-order valence-electron chi connectivity index (χ1n) is 6.37. The van der Waals surface area contributed by atoms with Crippen LogP contribution in [0.5, 0.6) is 0 Å². The maximum absolute atomic E-state index is 12.8. The molecular formula is C14H12IN3O3S. The minimum Gasteiger partial charge on any atom is -0.302 e. The van der Waals surface area contributed by atoms with Gasteiger partial charge >= 0.3 is 0 Å². The number of hydrogen-bond donors (Lipinski definition) is 0. The molecule has 0 aliphatic carbocycles. The van der Waals surface area contributed by atoms with Crippen LogP contribution in [0.1, 0.15) is 5.56 Å². The average Bonchev–Trinajstić information content (AvgIpc) is 2.82. The van der Waals surface area contributed by atoms with Crippen molar-refractivity contribution in [2.24, 2.45) is 7.05 Å². The van der Waals surface area contributed by atoms with Crippen LogP contribution in [0.3, 0.4) is 0 Å². The van der Waals surface area contributed by atoms with Crippen LogP contribution in [0.25, 0.3) is 11.0 Å². The van der Waals surface area contributed by atoms with Crippen LogP contribution in [0.2, 0.25) is 0 Å². The lowest BCUT2D eigenvalue weighted by Gasteiger charge is -2.07. The van der Waals surface area contributed by atoms with E-state index >= 15 is 0 Å². The van der Waals surface area contributed by atoms with Gasteiger partial charge in [0, 0.05) is 16.8 Å². The Hall–Kier alpha value is -1.68.